The molecule has 2 aromatic carbocycles. The Morgan fingerprint density at radius 2 is 1.81 bits per heavy atom. The first-order valence-corrected chi connectivity index (χ1v) is 10.5. The fourth-order valence-electron chi connectivity index (χ4n) is 3.37. The van der Waals surface area contributed by atoms with Gasteiger partial charge in [-0.3, -0.25) is 14.4 Å². The third-order valence-corrected chi connectivity index (χ3v) is 5.19. The van der Waals surface area contributed by atoms with Crippen LogP contribution in [-0.2, 0) is 20.7 Å². The van der Waals surface area contributed by atoms with E-state index in [0.717, 1.165) is 12.0 Å². The summed E-state index contributed by atoms with van der Waals surface area (Å²) in [6.07, 6.45) is 0.221. The monoisotopic (exact) mass is 421 g/mol. The average molecular weight is 421 g/mol. The number of hydrogen-bond acceptors (Lipinski definition) is 5. The number of aromatic nitrogens is 2. The van der Waals surface area contributed by atoms with Gasteiger partial charge in [0.15, 0.2) is 6.10 Å². The van der Waals surface area contributed by atoms with Gasteiger partial charge >= 0.3 is 5.97 Å². The van der Waals surface area contributed by atoms with Crippen molar-refractivity contribution in [3.63, 3.8) is 0 Å². The maximum atomic E-state index is 12.3. The third-order valence-electron chi connectivity index (χ3n) is 5.19. The second-order valence-electron chi connectivity index (χ2n) is 7.42. The van der Waals surface area contributed by atoms with E-state index in [1.54, 1.807) is 31.2 Å². The number of hydrogen-bond donors (Lipinski definition) is 2. The van der Waals surface area contributed by atoms with Gasteiger partial charge in [0.05, 0.1) is 17.3 Å². The number of carbonyl (C=O) groups excluding carboxylic acids is 2. The van der Waals surface area contributed by atoms with E-state index in [1.807, 2.05) is 30.3 Å². The molecule has 7 nitrogen and oxygen atoms in total. The summed E-state index contributed by atoms with van der Waals surface area (Å²) in [7, 11) is 0. The Labute approximate surface area is 180 Å². The Morgan fingerprint density at radius 1 is 1.10 bits per heavy atom. The van der Waals surface area contributed by atoms with Gasteiger partial charge in [0.2, 0.25) is 0 Å². The lowest BCUT2D eigenvalue weighted by Gasteiger charge is -2.18. The smallest absolute Gasteiger partial charge is 0.307 e. The highest BCUT2D eigenvalue weighted by atomic mass is 16.5. The number of H-pyrrole nitrogens is 1. The highest BCUT2D eigenvalue weighted by molar-refractivity contribution is 5.83. The third kappa shape index (κ3) is 6.01. The predicted molar refractivity (Wildman–Crippen MR) is 119 cm³/mol. The van der Waals surface area contributed by atoms with Gasteiger partial charge in [-0.05, 0) is 31.0 Å². The molecule has 1 heterocycles. The molecular weight excluding hydrogens is 394 g/mol. The van der Waals surface area contributed by atoms with E-state index in [9.17, 15) is 14.4 Å². The Kier molecular flexibility index (Phi) is 7.54. The van der Waals surface area contributed by atoms with E-state index in [2.05, 4.69) is 22.2 Å². The van der Waals surface area contributed by atoms with E-state index in [-0.39, 0.29) is 30.2 Å². The minimum absolute atomic E-state index is 0.0144. The summed E-state index contributed by atoms with van der Waals surface area (Å²) < 4.78 is 5.25. The molecule has 2 atom stereocenters. The van der Waals surface area contributed by atoms with Crippen molar-refractivity contribution in [3.05, 3.63) is 76.3 Å². The van der Waals surface area contributed by atoms with E-state index < -0.39 is 12.1 Å². The Bertz CT molecular complexity index is 1090. The van der Waals surface area contributed by atoms with Crippen molar-refractivity contribution < 1.29 is 14.3 Å². The molecule has 0 aliphatic rings. The van der Waals surface area contributed by atoms with Gasteiger partial charge in [-0.2, -0.15) is 0 Å². The summed E-state index contributed by atoms with van der Waals surface area (Å²) in [5.41, 5.74) is 1.49. The van der Waals surface area contributed by atoms with Crippen LogP contribution in [0.25, 0.3) is 10.9 Å². The minimum atomic E-state index is -0.899. The molecule has 0 saturated carbocycles. The summed E-state index contributed by atoms with van der Waals surface area (Å²) in [6.45, 7) is 4.09. The zero-order chi connectivity index (χ0) is 22.2. The topological polar surface area (TPSA) is 101 Å². The van der Waals surface area contributed by atoms with Crippen LogP contribution in [0, 0.1) is 0 Å². The molecule has 7 heteroatoms. The van der Waals surface area contributed by atoms with Crippen molar-refractivity contribution in [3.8, 4) is 0 Å². The molecule has 0 unspecified atom stereocenters. The van der Waals surface area contributed by atoms with Crippen molar-refractivity contribution >= 4 is 22.8 Å². The lowest BCUT2D eigenvalue weighted by atomic mass is 9.96. The number of aryl methyl sites for hydroxylation is 1. The van der Waals surface area contributed by atoms with Crippen LogP contribution in [0.5, 0.6) is 0 Å². The number of ether oxygens (including phenoxy) is 1. The van der Waals surface area contributed by atoms with Crippen LogP contribution >= 0.6 is 0 Å². The summed E-state index contributed by atoms with van der Waals surface area (Å²) in [5.74, 6) is -0.246. The summed E-state index contributed by atoms with van der Waals surface area (Å²) in [4.78, 5) is 43.7. The molecule has 1 aromatic heterocycles. The molecule has 3 rings (SSSR count). The van der Waals surface area contributed by atoms with Gasteiger partial charge < -0.3 is 15.0 Å². The number of nitrogens with zero attached hydrogens (tertiary/aromatic N) is 1. The predicted octanol–water partition coefficient (Wildman–Crippen LogP) is 3.10. The normalized spacial score (nSPS) is 12.8. The quantitative estimate of drug-likeness (QED) is 0.517. The number of rotatable bonds is 9. The zero-order valence-corrected chi connectivity index (χ0v) is 17.8. The van der Waals surface area contributed by atoms with Crippen LogP contribution in [0.4, 0.5) is 0 Å². The molecule has 0 aliphatic carbocycles. The largest absolute Gasteiger partial charge is 0.453 e. The number of amides is 1. The van der Waals surface area contributed by atoms with Crippen molar-refractivity contribution in [2.75, 3.05) is 6.54 Å². The van der Waals surface area contributed by atoms with E-state index >= 15 is 0 Å². The van der Waals surface area contributed by atoms with Crippen LogP contribution in [0.15, 0.2) is 59.4 Å². The maximum Gasteiger partial charge on any atom is 0.307 e. The number of para-hydroxylation sites is 1. The summed E-state index contributed by atoms with van der Waals surface area (Å²) in [6, 6.07) is 17.0. The number of benzene rings is 2. The maximum absolute atomic E-state index is 12.3. The fraction of sp³-hybridized carbons (Fsp3) is 0.333. The Morgan fingerprint density at radius 3 is 2.55 bits per heavy atom. The molecule has 0 spiro atoms. The van der Waals surface area contributed by atoms with Gasteiger partial charge in [0.1, 0.15) is 5.82 Å². The lowest BCUT2D eigenvalue weighted by molar-refractivity contribution is -0.154. The van der Waals surface area contributed by atoms with Crippen LogP contribution in [-0.4, -0.2) is 34.5 Å². The van der Waals surface area contributed by atoms with Crippen molar-refractivity contribution in [2.24, 2.45) is 0 Å². The molecule has 0 saturated heterocycles. The zero-order valence-electron chi connectivity index (χ0n) is 17.8. The minimum Gasteiger partial charge on any atom is -0.453 e. The fourth-order valence-corrected chi connectivity index (χ4v) is 3.37. The molecule has 31 heavy (non-hydrogen) atoms. The Balaban J connectivity index is 1.48. The van der Waals surface area contributed by atoms with Gasteiger partial charge in [0.25, 0.3) is 11.5 Å². The van der Waals surface area contributed by atoms with E-state index in [4.69, 9.17) is 4.74 Å². The summed E-state index contributed by atoms with van der Waals surface area (Å²) >= 11 is 0. The van der Waals surface area contributed by atoms with Crippen LogP contribution < -0.4 is 10.9 Å². The van der Waals surface area contributed by atoms with Crippen molar-refractivity contribution in [2.45, 2.75) is 45.1 Å². The average Bonchev–Trinajstić information content (AvgIpc) is 2.78. The number of aromatic amines is 1. The standard InChI is InChI=1S/C24H27N3O4/c1-3-17(18-9-5-4-6-10-18)15-25-23(29)16(2)31-22(28)14-13-21-26-20-12-8-7-11-19(20)24(30)27-21/h4-12,16-17H,3,13-15H2,1-2H3,(H,25,29)(H,26,27,30)/t16-,17+/m1/s1. The molecule has 0 fully saturated rings. The van der Waals surface area contributed by atoms with Crippen LogP contribution in [0.2, 0.25) is 0 Å². The van der Waals surface area contributed by atoms with E-state index in [1.165, 1.54) is 0 Å². The molecule has 0 radical (unpaired) electrons. The first-order chi connectivity index (χ1) is 15.0. The van der Waals surface area contributed by atoms with Crippen molar-refractivity contribution in [1.82, 2.24) is 15.3 Å². The highest BCUT2D eigenvalue weighted by Gasteiger charge is 2.19. The molecule has 2 N–H and O–H groups in total. The lowest BCUT2D eigenvalue weighted by Crippen LogP contribution is -2.38. The first kappa shape index (κ1) is 22.2. The highest BCUT2D eigenvalue weighted by Crippen LogP contribution is 2.18. The van der Waals surface area contributed by atoms with Gasteiger partial charge in [0, 0.05) is 18.9 Å². The summed E-state index contributed by atoms with van der Waals surface area (Å²) in [5, 5.41) is 3.36. The van der Waals surface area contributed by atoms with Gasteiger partial charge in [-0.25, -0.2) is 4.98 Å². The number of fused-ring (bicyclic) bond motifs is 1. The van der Waals surface area contributed by atoms with Crippen molar-refractivity contribution in [1.29, 1.82) is 0 Å². The molecular formula is C24H27N3O4. The molecule has 0 bridgehead atoms. The van der Waals surface area contributed by atoms with Crippen LogP contribution in [0.1, 0.15) is 44.0 Å². The number of carbonyl (C=O) groups is 2. The molecule has 3 aromatic rings. The molecule has 1 amide bonds. The van der Waals surface area contributed by atoms with E-state index in [0.29, 0.717) is 23.3 Å². The van der Waals surface area contributed by atoms with Gasteiger partial charge in [-0.1, -0.05) is 49.4 Å². The SMILES string of the molecule is CC[C@@H](CNC(=O)[C@@H](C)OC(=O)CCc1nc2ccccc2c(=O)[nH]1)c1ccccc1. The second-order valence-corrected chi connectivity index (χ2v) is 7.42. The number of esters is 1. The first-order valence-electron chi connectivity index (χ1n) is 10.5. The van der Waals surface area contributed by atoms with Gasteiger partial charge in [-0.15, -0.1) is 0 Å². The second kappa shape index (κ2) is 10.5. The molecule has 0 aliphatic heterocycles. The molecule has 162 valence electrons. The Hall–Kier alpha value is -3.48. The number of nitrogens with one attached hydrogen (secondary N) is 2. The van der Waals surface area contributed by atoms with Crippen LogP contribution in [0.3, 0.4) is 0 Å².